The van der Waals surface area contributed by atoms with Crippen LogP contribution in [0.5, 0.6) is 0 Å². The van der Waals surface area contributed by atoms with E-state index in [2.05, 4.69) is 6.92 Å². The van der Waals surface area contributed by atoms with Crippen LogP contribution in [-0.4, -0.2) is 43.7 Å². The Kier molecular flexibility index (Phi) is 6.95. The monoisotopic (exact) mass is 288 g/mol. The van der Waals surface area contributed by atoms with Gasteiger partial charge in [0.05, 0.1) is 0 Å². The highest BCUT2D eigenvalue weighted by Gasteiger charge is 2.42. The van der Waals surface area contributed by atoms with Gasteiger partial charge in [-0.3, -0.25) is 9.59 Å². The molecule has 0 unspecified atom stereocenters. The summed E-state index contributed by atoms with van der Waals surface area (Å²) < 4.78 is 21.6. The van der Waals surface area contributed by atoms with Gasteiger partial charge in [0.1, 0.15) is 12.2 Å². The molecule has 0 amide bonds. The molecule has 1 aliphatic rings. The van der Waals surface area contributed by atoms with E-state index in [1.165, 1.54) is 13.8 Å². The van der Waals surface area contributed by atoms with Crippen molar-refractivity contribution < 1.29 is 28.5 Å². The maximum absolute atomic E-state index is 11.3. The predicted molar refractivity (Wildman–Crippen MR) is 70.9 cm³/mol. The van der Waals surface area contributed by atoms with Crippen molar-refractivity contribution in [3.63, 3.8) is 0 Å². The highest BCUT2D eigenvalue weighted by molar-refractivity contribution is 5.67. The molecule has 0 bridgehead atoms. The molecular formula is C14H24O6. The van der Waals surface area contributed by atoms with Crippen molar-refractivity contribution in [2.75, 3.05) is 7.11 Å². The minimum absolute atomic E-state index is 0.318. The molecule has 20 heavy (non-hydrogen) atoms. The molecule has 1 fully saturated rings. The third kappa shape index (κ3) is 5.09. The SMILES string of the molecule is CCCC[C@H]1O[C@H](OC)C[C@@H](OC(C)=O)[C@@H]1OC(C)=O. The third-order valence-corrected chi connectivity index (χ3v) is 3.21. The first-order chi connectivity index (χ1) is 9.47. The summed E-state index contributed by atoms with van der Waals surface area (Å²) in [5.41, 5.74) is 0. The lowest BCUT2D eigenvalue weighted by atomic mass is 9.97. The Hall–Kier alpha value is -1.14. The fourth-order valence-electron chi connectivity index (χ4n) is 2.35. The van der Waals surface area contributed by atoms with E-state index >= 15 is 0 Å². The molecular weight excluding hydrogens is 264 g/mol. The zero-order valence-electron chi connectivity index (χ0n) is 12.6. The minimum Gasteiger partial charge on any atom is -0.458 e. The second-order valence-electron chi connectivity index (χ2n) is 4.94. The Bertz CT molecular complexity index is 330. The molecule has 116 valence electrons. The molecule has 1 heterocycles. The highest BCUT2D eigenvalue weighted by Crippen LogP contribution is 2.28. The number of hydrogen-bond donors (Lipinski definition) is 0. The summed E-state index contributed by atoms with van der Waals surface area (Å²) >= 11 is 0. The predicted octanol–water partition coefficient (Wildman–Crippen LogP) is 1.80. The lowest BCUT2D eigenvalue weighted by molar-refractivity contribution is -0.254. The summed E-state index contributed by atoms with van der Waals surface area (Å²) in [6.45, 7) is 4.74. The molecule has 0 radical (unpaired) electrons. The first kappa shape index (κ1) is 16.9. The van der Waals surface area contributed by atoms with Crippen LogP contribution in [0, 0.1) is 0 Å². The van der Waals surface area contributed by atoms with Crippen LogP contribution < -0.4 is 0 Å². The van der Waals surface area contributed by atoms with Crippen molar-refractivity contribution in [3.8, 4) is 0 Å². The molecule has 1 saturated heterocycles. The molecule has 0 aliphatic carbocycles. The molecule has 0 aromatic rings. The van der Waals surface area contributed by atoms with E-state index in [0.29, 0.717) is 6.42 Å². The number of methoxy groups -OCH3 is 1. The zero-order valence-corrected chi connectivity index (χ0v) is 12.6. The van der Waals surface area contributed by atoms with Crippen LogP contribution in [0.1, 0.15) is 46.5 Å². The summed E-state index contributed by atoms with van der Waals surface area (Å²) in [4.78, 5) is 22.5. The van der Waals surface area contributed by atoms with E-state index in [1.54, 1.807) is 7.11 Å². The van der Waals surface area contributed by atoms with Crippen molar-refractivity contribution in [2.45, 2.75) is 71.1 Å². The number of hydrogen-bond acceptors (Lipinski definition) is 6. The minimum atomic E-state index is -0.575. The van der Waals surface area contributed by atoms with Crippen molar-refractivity contribution in [1.82, 2.24) is 0 Å². The van der Waals surface area contributed by atoms with E-state index in [-0.39, 0.29) is 6.10 Å². The standard InChI is InChI=1S/C14H24O6/c1-5-6-7-11-14(19-10(3)16)12(18-9(2)15)8-13(17-4)20-11/h11-14H,5-8H2,1-4H3/t11-,12-,13+,14-/m1/s1. The van der Waals surface area contributed by atoms with Gasteiger partial charge >= 0.3 is 11.9 Å². The van der Waals surface area contributed by atoms with Crippen molar-refractivity contribution >= 4 is 11.9 Å². The fourth-order valence-corrected chi connectivity index (χ4v) is 2.35. The van der Waals surface area contributed by atoms with Crippen LogP contribution in [-0.2, 0) is 28.5 Å². The smallest absolute Gasteiger partial charge is 0.303 e. The average molecular weight is 288 g/mol. The quantitative estimate of drug-likeness (QED) is 0.694. The number of carbonyl (C=O) groups excluding carboxylic acids is 2. The Morgan fingerprint density at radius 3 is 2.35 bits per heavy atom. The largest absolute Gasteiger partial charge is 0.458 e. The van der Waals surface area contributed by atoms with Gasteiger partial charge in [0.15, 0.2) is 12.4 Å². The summed E-state index contributed by atoms with van der Waals surface area (Å²) in [5.74, 6) is -0.814. The summed E-state index contributed by atoms with van der Waals surface area (Å²) in [5, 5.41) is 0. The second-order valence-corrected chi connectivity index (χ2v) is 4.94. The lowest BCUT2D eigenvalue weighted by Crippen LogP contribution is -2.52. The molecule has 0 aromatic carbocycles. The van der Waals surface area contributed by atoms with E-state index < -0.39 is 30.4 Å². The van der Waals surface area contributed by atoms with Gasteiger partial charge in [-0.2, -0.15) is 0 Å². The van der Waals surface area contributed by atoms with Crippen molar-refractivity contribution in [1.29, 1.82) is 0 Å². The molecule has 0 spiro atoms. The van der Waals surface area contributed by atoms with Gasteiger partial charge in [-0.25, -0.2) is 0 Å². The van der Waals surface area contributed by atoms with Gasteiger partial charge in [0.2, 0.25) is 0 Å². The fraction of sp³-hybridized carbons (Fsp3) is 0.857. The first-order valence-electron chi connectivity index (χ1n) is 7.00. The number of esters is 2. The van der Waals surface area contributed by atoms with Crippen molar-refractivity contribution in [2.24, 2.45) is 0 Å². The zero-order chi connectivity index (χ0) is 15.1. The molecule has 1 aliphatic heterocycles. The van der Waals surface area contributed by atoms with Gasteiger partial charge < -0.3 is 18.9 Å². The summed E-state index contributed by atoms with van der Waals surface area (Å²) in [6.07, 6.45) is 1.15. The van der Waals surface area contributed by atoms with Gasteiger partial charge in [-0.05, 0) is 6.42 Å². The Morgan fingerprint density at radius 1 is 1.20 bits per heavy atom. The van der Waals surface area contributed by atoms with Gasteiger partial charge in [0, 0.05) is 27.4 Å². The number of ether oxygens (including phenoxy) is 4. The van der Waals surface area contributed by atoms with E-state index in [4.69, 9.17) is 18.9 Å². The van der Waals surface area contributed by atoms with Crippen LogP contribution >= 0.6 is 0 Å². The first-order valence-corrected chi connectivity index (χ1v) is 7.00. The molecule has 6 nitrogen and oxygen atoms in total. The maximum atomic E-state index is 11.3. The number of unbranched alkanes of at least 4 members (excludes halogenated alkanes) is 1. The number of rotatable bonds is 6. The Balaban J connectivity index is 2.83. The normalized spacial score (nSPS) is 29.8. The molecule has 0 N–H and O–H groups in total. The van der Waals surface area contributed by atoms with Crippen LogP contribution in [0.2, 0.25) is 0 Å². The molecule has 1 rings (SSSR count). The maximum Gasteiger partial charge on any atom is 0.303 e. The van der Waals surface area contributed by atoms with E-state index in [0.717, 1.165) is 19.3 Å². The van der Waals surface area contributed by atoms with Crippen LogP contribution in [0.15, 0.2) is 0 Å². The highest BCUT2D eigenvalue weighted by atomic mass is 16.7. The van der Waals surface area contributed by atoms with Gasteiger partial charge in [0.25, 0.3) is 0 Å². The average Bonchev–Trinajstić information content (AvgIpc) is 2.37. The van der Waals surface area contributed by atoms with Crippen LogP contribution in [0.25, 0.3) is 0 Å². The molecule has 0 aromatic heterocycles. The number of carbonyl (C=O) groups is 2. The third-order valence-electron chi connectivity index (χ3n) is 3.21. The summed E-state index contributed by atoms with van der Waals surface area (Å²) in [6, 6.07) is 0. The topological polar surface area (TPSA) is 71.1 Å². The second kappa shape index (κ2) is 8.21. The van der Waals surface area contributed by atoms with Gasteiger partial charge in [-0.15, -0.1) is 0 Å². The molecule has 0 saturated carbocycles. The van der Waals surface area contributed by atoms with Crippen LogP contribution in [0.4, 0.5) is 0 Å². The van der Waals surface area contributed by atoms with Crippen LogP contribution in [0.3, 0.4) is 0 Å². The Labute approximate surface area is 119 Å². The summed E-state index contributed by atoms with van der Waals surface area (Å²) in [7, 11) is 1.54. The molecule has 4 atom stereocenters. The Morgan fingerprint density at radius 2 is 1.85 bits per heavy atom. The van der Waals surface area contributed by atoms with E-state index in [9.17, 15) is 9.59 Å². The lowest BCUT2D eigenvalue weighted by Gasteiger charge is -2.40. The van der Waals surface area contributed by atoms with Gasteiger partial charge in [-0.1, -0.05) is 19.8 Å². The molecule has 6 heteroatoms. The van der Waals surface area contributed by atoms with E-state index in [1.807, 2.05) is 0 Å². The van der Waals surface area contributed by atoms with Crippen molar-refractivity contribution in [3.05, 3.63) is 0 Å².